The van der Waals surface area contributed by atoms with E-state index in [1.54, 1.807) is 22.8 Å². The van der Waals surface area contributed by atoms with Crippen LogP contribution in [0.3, 0.4) is 0 Å². The van der Waals surface area contributed by atoms with Crippen molar-refractivity contribution in [3.8, 4) is 0 Å². The molecule has 21 heavy (non-hydrogen) atoms. The van der Waals surface area contributed by atoms with Crippen LogP contribution in [-0.4, -0.2) is 14.5 Å². The SMILES string of the molecule is O=[N+]([O-])c1ccc(NCc2cnn3ccccc23)cc1Cl. The lowest BCUT2D eigenvalue weighted by atomic mass is 10.2. The van der Waals surface area contributed by atoms with Crippen LogP contribution in [0.2, 0.25) is 5.02 Å². The number of nitrogens with one attached hydrogen (secondary N) is 1. The number of halogens is 1. The van der Waals surface area contributed by atoms with Crippen molar-refractivity contribution < 1.29 is 4.92 Å². The van der Waals surface area contributed by atoms with Crippen LogP contribution in [0.5, 0.6) is 0 Å². The molecule has 0 saturated heterocycles. The third-order valence-electron chi connectivity index (χ3n) is 3.13. The summed E-state index contributed by atoms with van der Waals surface area (Å²) in [5.41, 5.74) is 2.67. The summed E-state index contributed by atoms with van der Waals surface area (Å²) in [6, 6.07) is 10.4. The van der Waals surface area contributed by atoms with Gasteiger partial charge in [0.2, 0.25) is 0 Å². The molecule has 0 unspecified atom stereocenters. The van der Waals surface area contributed by atoms with Crippen molar-refractivity contribution in [2.24, 2.45) is 0 Å². The Morgan fingerprint density at radius 2 is 2.19 bits per heavy atom. The molecular formula is C14H11ClN4O2. The van der Waals surface area contributed by atoms with Crippen LogP contribution in [0.15, 0.2) is 48.8 Å². The highest BCUT2D eigenvalue weighted by Crippen LogP contribution is 2.27. The monoisotopic (exact) mass is 302 g/mol. The van der Waals surface area contributed by atoms with Gasteiger partial charge in [-0.15, -0.1) is 0 Å². The molecule has 3 aromatic rings. The van der Waals surface area contributed by atoms with Crippen molar-refractivity contribution in [3.05, 3.63) is 69.5 Å². The van der Waals surface area contributed by atoms with E-state index in [-0.39, 0.29) is 10.7 Å². The van der Waals surface area contributed by atoms with E-state index in [2.05, 4.69) is 10.4 Å². The maximum absolute atomic E-state index is 10.7. The van der Waals surface area contributed by atoms with E-state index in [9.17, 15) is 10.1 Å². The van der Waals surface area contributed by atoms with E-state index in [4.69, 9.17) is 11.6 Å². The molecule has 6 nitrogen and oxygen atoms in total. The van der Waals surface area contributed by atoms with Crippen LogP contribution < -0.4 is 5.32 Å². The fourth-order valence-electron chi connectivity index (χ4n) is 2.09. The maximum Gasteiger partial charge on any atom is 0.288 e. The molecule has 0 aliphatic rings. The van der Waals surface area contributed by atoms with E-state index in [1.807, 2.05) is 24.4 Å². The third-order valence-corrected chi connectivity index (χ3v) is 3.44. The average Bonchev–Trinajstić information content (AvgIpc) is 2.88. The van der Waals surface area contributed by atoms with Crippen molar-refractivity contribution in [2.45, 2.75) is 6.54 Å². The van der Waals surface area contributed by atoms with Gasteiger partial charge in [0, 0.05) is 30.1 Å². The van der Waals surface area contributed by atoms with Gasteiger partial charge in [0.1, 0.15) is 5.02 Å². The largest absolute Gasteiger partial charge is 0.381 e. The smallest absolute Gasteiger partial charge is 0.288 e. The number of nitrogens with zero attached hydrogens (tertiary/aromatic N) is 3. The van der Waals surface area contributed by atoms with Crippen molar-refractivity contribution >= 4 is 28.5 Å². The Bertz CT molecular complexity index is 816. The second-order valence-electron chi connectivity index (χ2n) is 4.48. The van der Waals surface area contributed by atoms with Gasteiger partial charge < -0.3 is 5.32 Å². The summed E-state index contributed by atoms with van der Waals surface area (Å²) in [6.45, 7) is 0.557. The molecule has 1 N–H and O–H groups in total. The molecule has 0 amide bonds. The number of fused-ring (bicyclic) bond motifs is 1. The molecule has 2 aromatic heterocycles. The molecular weight excluding hydrogens is 292 g/mol. The first-order chi connectivity index (χ1) is 10.1. The quantitative estimate of drug-likeness (QED) is 0.591. The molecule has 0 fully saturated rings. The van der Waals surface area contributed by atoms with Crippen LogP contribution in [0.25, 0.3) is 5.52 Å². The lowest BCUT2D eigenvalue weighted by Gasteiger charge is -2.06. The second-order valence-corrected chi connectivity index (χ2v) is 4.88. The molecule has 0 spiro atoms. The maximum atomic E-state index is 10.7. The van der Waals surface area contributed by atoms with Gasteiger partial charge in [-0.25, -0.2) is 4.52 Å². The Morgan fingerprint density at radius 3 is 2.95 bits per heavy atom. The standard InChI is InChI=1S/C14H11ClN4O2/c15-12-7-11(4-5-14(12)19(20)21)16-8-10-9-17-18-6-2-1-3-13(10)18/h1-7,9,16H,8H2. The van der Waals surface area contributed by atoms with Crippen molar-refractivity contribution in [3.63, 3.8) is 0 Å². The van der Waals surface area contributed by atoms with Crippen LogP contribution >= 0.6 is 11.6 Å². The minimum atomic E-state index is -0.503. The zero-order valence-electron chi connectivity index (χ0n) is 10.9. The Morgan fingerprint density at radius 1 is 1.33 bits per heavy atom. The van der Waals surface area contributed by atoms with Gasteiger partial charge >= 0.3 is 0 Å². The summed E-state index contributed by atoms with van der Waals surface area (Å²) in [6.07, 6.45) is 3.66. The fourth-order valence-corrected chi connectivity index (χ4v) is 2.34. The lowest BCUT2D eigenvalue weighted by molar-refractivity contribution is -0.384. The number of anilines is 1. The molecule has 2 heterocycles. The van der Waals surface area contributed by atoms with Crippen molar-refractivity contribution in [2.75, 3.05) is 5.32 Å². The minimum Gasteiger partial charge on any atom is -0.381 e. The van der Waals surface area contributed by atoms with E-state index in [1.165, 1.54) is 6.07 Å². The highest BCUT2D eigenvalue weighted by molar-refractivity contribution is 6.32. The zero-order valence-corrected chi connectivity index (χ0v) is 11.6. The molecule has 0 aliphatic carbocycles. The first-order valence-corrected chi connectivity index (χ1v) is 6.62. The number of rotatable bonds is 4. The zero-order chi connectivity index (χ0) is 14.8. The van der Waals surface area contributed by atoms with Gasteiger partial charge in [0.15, 0.2) is 0 Å². The Kier molecular flexibility index (Phi) is 3.45. The van der Waals surface area contributed by atoms with Crippen molar-refractivity contribution in [1.82, 2.24) is 9.61 Å². The molecule has 0 atom stereocenters. The predicted octanol–water partition coefficient (Wildman–Crippen LogP) is 3.51. The lowest BCUT2D eigenvalue weighted by Crippen LogP contribution is -1.99. The molecule has 3 rings (SSSR count). The molecule has 0 radical (unpaired) electrons. The van der Waals surface area contributed by atoms with Gasteiger partial charge in [-0.05, 0) is 24.3 Å². The van der Waals surface area contributed by atoms with Crippen LogP contribution in [0, 0.1) is 10.1 Å². The number of pyridine rings is 1. The third kappa shape index (κ3) is 2.66. The summed E-state index contributed by atoms with van der Waals surface area (Å²) in [5, 5.41) is 18.3. The summed E-state index contributed by atoms with van der Waals surface area (Å²) in [7, 11) is 0. The molecule has 1 aromatic carbocycles. The van der Waals surface area contributed by atoms with E-state index < -0.39 is 4.92 Å². The Hall–Kier alpha value is -2.60. The normalized spacial score (nSPS) is 10.7. The molecule has 106 valence electrons. The summed E-state index contributed by atoms with van der Waals surface area (Å²) in [4.78, 5) is 10.2. The highest BCUT2D eigenvalue weighted by atomic mass is 35.5. The average molecular weight is 303 g/mol. The number of hydrogen-bond donors (Lipinski definition) is 1. The second kappa shape index (κ2) is 5.41. The number of nitro groups is 1. The Labute approximate surface area is 125 Å². The van der Waals surface area contributed by atoms with Gasteiger partial charge in [-0.1, -0.05) is 17.7 Å². The van der Waals surface area contributed by atoms with Crippen molar-refractivity contribution in [1.29, 1.82) is 0 Å². The summed E-state index contributed by atoms with van der Waals surface area (Å²) >= 11 is 5.88. The van der Waals surface area contributed by atoms with Gasteiger partial charge in [-0.2, -0.15) is 5.10 Å². The van der Waals surface area contributed by atoms with Crippen LogP contribution in [-0.2, 0) is 6.54 Å². The van der Waals surface area contributed by atoms with E-state index in [0.29, 0.717) is 6.54 Å². The topological polar surface area (TPSA) is 72.5 Å². The Balaban J connectivity index is 1.79. The highest BCUT2D eigenvalue weighted by Gasteiger charge is 2.12. The van der Waals surface area contributed by atoms with E-state index >= 15 is 0 Å². The van der Waals surface area contributed by atoms with Crippen LogP contribution in [0.1, 0.15) is 5.56 Å². The number of aromatic nitrogens is 2. The predicted molar refractivity (Wildman–Crippen MR) is 80.6 cm³/mol. The molecule has 0 bridgehead atoms. The minimum absolute atomic E-state index is 0.0989. The van der Waals surface area contributed by atoms with Gasteiger partial charge in [-0.3, -0.25) is 10.1 Å². The van der Waals surface area contributed by atoms with Crippen LogP contribution in [0.4, 0.5) is 11.4 Å². The van der Waals surface area contributed by atoms with Gasteiger partial charge in [0.25, 0.3) is 5.69 Å². The number of nitro benzene ring substituents is 1. The number of benzene rings is 1. The summed E-state index contributed by atoms with van der Waals surface area (Å²) in [5.74, 6) is 0. The molecule has 0 aliphatic heterocycles. The molecule has 7 heteroatoms. The fraction of sp³-hybridized carbons (Fsp3) is 0.0714. The van der Waals surface area contributed by atoms with Gasteiger partial charge in [0.05, 0.1) is 16.6 Å². The first kappa shape index (κ1) is 13.4. The summed E-state index contributed by atoms with van der Waals surface area (Å²) < 4.78 is 1.79. The first-order valence-electron chi connectivity index (χ1n) is 6.24. The molecule has 0 saturated carbocycles. The van der Waals surface area contributed by atoms with E-state index in [0.717, 1.165) is 16.8 Å². The number of hydrogen-bond acceptors (Lipinski definition) is 4.